The lowest BCUT2D eigenvalue weighted by atomic mass is 9.64. The van der Waals surface area contributed by atoms with E-state index in [2.05, 4.69) is 17.6 Å². The van der Waals surface area contributed by atoms with E-state index in [1.807, 2.05) is 0 Å². The molecule has 0 spiro atoms. The minimum absolute atomic E-state index is 0.471. The number of hydrogen-bond donors (Lipinski definition) is 2. The van der Waals surface area contributed by atoms with E-state index in [9.17, 15) is 31.9 Å². The molecule has 0 bridgehead atoms. The predicted octanol–water partition coefficient (Wildman–Crippen LogP) is 6.41. The van der Waals surface area contributed by atoms with E-state index in [1.165, 1.54) is 12.4 Å². The van der Waals surface area contributed by atoms with Gasteiger partial charge in [-0.15, -0.1) is 0 Å². The Kier molecular flexibility index (Phi) is 6.86. The number of carbonyl (C=O) groups is 1. The van der Waals surface area contributed by atoms with Crippen LogP contribution < -0.4 is 0 Å². The van der Waals surface area contributed by atoms with Gasteiger partial charge in [-0.25, -0.2) is 22.0 Å². The number of thiol groups is 1. The van der Waals surface area contributed by atoms with Crippen LogP contribution in [0.25, 0.3) is 0 Å². The second kappa shape index (κ2) is 9.73. The molecule has 9 heteroatoms. The van der Waals surface area contributed by atoms with Crippen LogP contribution in [-0.4, -0.2) is 16.1 Å². The molecule has 0 radical (unpaired) electrons. The van der Waals surface area contributed by atoms with Crippen molar-refractivity contribution in [1.82, 2.24) is 4.98 Å². The number of aliphatic carboxylic acids is 1. The van der Waals surface area contributed by atoms with Crippen molar-refractivity contribution < 1.29 is 31.9 Å². The van der Waals surface area contributed by atoms with Gasteiger partial charge < -0.3 is 5.11 Å². The van der Waals surface area contributed by atoms with Crippen molar-refractivity contribution in [3.63, 3.8) is 0 Å². The Morgan fingerprint density at radius 2 is 1.08 bits per heavy atom. The number of nitrogens with zero attached hydrogens (tertiary/aromatic N) is 1. The van der Waals surface area contributed by atoms with Gasteiger partial charge in [0.1, 0.15) is 4.75 Å². The van der Waals surface area contributed by atoms with Crippen LogP contribution in [0.2, 0.25) is 0 Å². The number of hydrogen-bond acceptors (Lipinski definition) is 3. The summed E-state index contributed by atoms with van der Waals surface area (Å²) in [4.78, 5) is 16.6. The van der Waals surface area contributed by atoms with Crippen molar-refractivity contribution in [2.45, 2.75) is 16.6 Å². The maximum absolute atomic E-state index is 15.0. The third kappa shape index (κ3) is 4.03. The Balaban J connectivity index is 2.12. The largest absolute Gasteiger partial charge is 0.480 e. The summed E-state index contributed by atoms with van der Waals surface area (Å²) in [7, 11) is 0. The van der Waals surface area contributed by atoms with Crippen LogP contribution in [0.3, 0.4) is 0 Å². The van der Waals surface area contributed by atoms with Crippen molar-refractivity contribution in [2.24, 2.45) is 0 Å². The SMILES string of the molecule is O=C(O)C(S)(CC(c1ccccc1)(c1ccccc1)c1ccncc1)c1c(F)c(F)c(F)c(F)c1F. The van der Waals surface area contributed by atoms with Crippen LogP contribution in [0.5, 0.6) is 0 Å². The fraction of sp³-hybridized carbons (Fsp3) is 0.111. The molecule has 0 aliphatic heterocycles. The van der Waals surface area contributed by atoms with Crippen LogP contribution in [-0.2, 0) is 15.0 Å². The molecule has 0 aliphatic rings. The molecule has 4 aromatic rings. The average molecular weight is 516 g/mol. The minimum Gasteiger partial charge on any atom is -0.480 e. The number of pyridine rings is 1. The minimum atomic E-state index is -2.86. The summed E-state index contributed by atoms with van der Waals surface area (Å²) in [6, 6.07) is 20.1. The second-order valence-corrected chi connectivity index (χ2v) is 8.92. The molecule has 0 saturated carbocycles. The van der Waals surface area contributed by atoms with E-state index in [-0.39, 0.29) is 0 Å². The summed E-state index contributed by atoms with van der Waals surface area (Å²) in [5, 5.41) is 10.2. The standard InChI is InChI=1S/C27H18F5NO2S/c28-20-19(21(29)23(31)24(32)22(20)30)27(36,25(34)35)15-26(16-7-3-1-4-8-16,17-9-5-2-6-10-17)18-11-13-33-14-12-18/h1-14,36H,15H2,(H,34,35). The Morgan fingerprint density at radius 1 is 0.694 bits per heavy atom. The van der Waals surface area contributed by atoms with Crippen LogP contribution in [0.1, 0.15) is 28.7 Å². The van der Waals surface area contributed by atoms with Gasteiger partial charge in [-0.05, 0) is 35.2 Å². The molecule has 0 amide bonds. The first-order valence-electron chi connectivity index (χ1n) is 10.6. The van der Waals surface area contributed by atoms with Gasteiger partial charge in [0.15, 0.2) is 23.3 Å². The van der Waals surface area contributed by atoms with Gasteiger partial charge in [0.25, 0.3) is 0 Å². The van der Waals surface area contributed by atoms with Crippen LogP contribution in [0.15, 0.2) is 85.2 Å². The van der Waals surface area contributed by atoms with Gasteiger partial charge in [0, 0.05) is 17.8 Å². The fourth-order valence-electron chi connectivity index (χ4n) is 4.51. The fourth-order valence-corrected chi connectivity index (χ4v) is 4.94. The number of halogens is 5. The Morgan fingerprint density at radius 3 is 1.50 bits per heavy atom. The van der Waals surface area contributed by atoms with Gasteiger partial charge in [-0.1, -0.05) is 60.7 Å². The zero-order chi connectivity index (χ0) is 26.1. The zero-order valence-corrected chi connectivity index (χ0v) is 19.3. The molecule has 1 heterocycles. The number of aromatic nitrogens is 1. The topological polar surface area (TPSA) is 50.2 Å². The Bertz CT molecular complexity index is 1280. The van der Waals surface area contributed by atoms with E-state index in [4.69, 9.17) is 0 Å². The van der Waals surface area contributed by atoms with Crippen LogP contribution in [0.4, 0.5) is 22.0 Å². The van der Waals surface area contributed by atoms with Gasteiger partial charge in [0.05, 0.1) is 5.56 Å². The first kappa shape index (κ1) is 25.4. The number of carboxylic acids is 1. The Hall–Kier alpha value is -3.72. The monoisotopic (exact) mass is 515 g/mol. The van der Waals surface area contributed by atoms with Gasteiger partial charge >= 0.3 is 5.97 Å². The summed E-state index contributed by atoms with van der Waals surface area (Å²) in [6.07, 6.45) is 2.19. The summed E-state index contributed by atoms with van der Waals surface area (Å²) in [6.45, 7) is 0. The molecule has 1 aromatic heterocycles. The molecule has 1 atom stereocenters. The Labute approximate surface area is 208 Å². The summed E-state index contributed by atoms with van der Waals surface area (Å²) >= 11 is 4.16. The average Bonchev–Trinajstić information content (AvgIpc) is 2.91. The van der Waals surface area contributed by atoms with Crippen molar-refractivity contribution in [3.05, 3.63) is 137 Å². The number of benzene rings is 3. The van der Waals surface area contributed by atoms with Crippen molar-refractivity contribution in [2.75, 3.05) is 0 Å². The highest BCUT2D eigenvalue weighted by Gasteiger charge is 2.52. The molecule has 4 rings (SSSR count). The summed E-state index contributed by atoms with van der Waals surface area (Å²) in [5.74, 6) is -13.3. The summed E-state index contributed by atoms with van der Waals surface area (Å²) < 4.78 is 69.3. The molecule has 0 fully saturated rings. The zero-order valence-electron chi connectivity index (χ0n) is 18.4. The van der Waals surface area contributed by atoms with Crippen LogP contribution in [0, 0.1) is 29.1 Å². The van der Waals surface area contributed by atoms with E-state index in [1.54, 1.807) is 72.8 Å². The lowest BCUT2D eigenvalue weighted by molar-refractivity contribution is -0.140. The van der Waals surface area contributed by atoms with Gasteiger partial charge in [-0.3, -0.25) is 9.78 Å². The highest BCUT2D eigenvalue weighted by Crippen LogP contribution is 2.51. The number of rotatable bonds is 7. The van der Waals surface area contributed by atoms with E-state index in [0.717, 1.165) is 0 Å². The molecule has 3 nitrogen and oxygen atoms in total. The molecule has 0 aliphatic carbocycles. The van der Waals surface area contributed by atoms with Crippen molar-refractivity contribution in [3.8, 4) is 0 Å². The normalized spacial score (nSPS) is 13.3. The maximum atomic E-state index is 15.0. The maximum Gasteiger partial charge on any atom is 0.324 e. The first-order chi connectivity index (χ1) is 17.1. The number of carboxylic acid groups (broad SMARTS) is 1. The van der Waals surface area contributed by atoms with E-state index in [0.29, 0.717) is 16.7 Å². The molecule has 3 aromatic carbocycles. The van der Waals surface area contributed by atoms with E-state index < -0.39 is 57.2 Å². The predicted molar refractivity (Wildman–Crippen MR) is 126 cm³/mol. The smallest absolute Gasteiger partial charge is 0.324 e. The highest BCUT2D eigenvalue weighted by molar-refractivity contribution is 7.82. The first-order valence-corrected chi connectivity index (χ1v) is 11.1. The molecule has 184 valence electrons. The lowest BCUT2D eigenvalue weighted by Gasteiger charge is -2.41. The summed E-state index contributed by atoms with van der Waals surface area (Å²) in [5.41, 5.74) is -1.51. The van der Waals surface area contributed by atoms with Crippen LogP contribution >= 0.6 is 12.6 Å². The van der Waals surface area contributed by atoms with Crippen molar-refractivity contribution >= 4 is 18.6 Å². The molecule has 36 heavy (non-hydrogen) atoms. The molecular weight excluding hydrogens is 497 g/mol. The third-order valence-electron chi connectivity index (χ3n) is 6.20. The third-order valence-corrected chi connectivity index (χ3v) is 6.78. The molecule has 1 N–H and O–H groups in total. The quantitative estimate of drug-likeness (QED) is 0.129. The van der Waals surface area contributed by atoms with E-state index >= 15 is 0 Å². The highest BCUT2D eigenvalue weighted by atomic mass is 32.1. The van der Waals surface area contributed by atoms with Crippen molar-refractivity contribution in [1.29, 1.82) is 0 Å². The van der Waals surface area contributed by atoms with Gasteiger partial charge in [-0.2, -0.15) is 12.6 Å². The molecule has 1 unspecified atom stereocenters. The molecule has 0 saturated heterocycles. The molecular formula is C27H18F5NO2S. The lowest BCUT2D eigenvalue weighted by Crippen LogP contribution is -2.43. The van der Waals surface area contributed by atoms with Gasteiger partial charge in [0.2, 0.25) is 5.82 Å². The second-order valence-electron chi connectivity index (χ2n) is 8.16.